The van der Waals surface area contributed by atoms with Crippen LogP contribution in [0.1, 0.15) is 23.6 Å². The standard InChI is InChI=1S/C19H21NO/c1-4-8-18(20-3)17-13-15(2)11-12-19(17)21-14-16-9-6-5-7-10-16/h4-13H,14H2,1-3H3/b8-4-,20-18?. The van der Waals surface area contributed by atoms with Gasteiger partial charge in [-0.15, -0.1) is 0 Å². The molecule has 0 unspecified atom stereocenters. The van der Waals surface area contributed by atoms with E-state index in [4.69, 9.17) is 4.74 Å². The average Bonchev–Trinajstić information content (AvgIpc) is 2.52. The Bertz CT molecular complexity index is 642. The number of hydrogen-bond donors (Lipinski definition) is 0. The second kappa shape index (κ2) is 7.44. The van der Waals surface area contributed by atoms with Crippen molar-refractivity contribution in [2.24, 2.45) is 4.99 Å². The highest BCUT2D eigenvalue weighted by Crippen LogP contribution is 2.23. The lowest BCUT2D eigenvalue weighted by molar-refractivity contribution is 0.305. The van der Waals surface area contributed by atoms with Gasteiger partial charge in [0, 0.05) is 12.6 Å². The van der Waals surface area contributed by atoms with Gasteiger partial charge in [0.2, 0.25) is 0 Å². The maximum atomic E-state index is 5.99. The van der Waals surface area contributed by atoms with E-state index in [-0.39, 0.29) is 0 Å². The summed E-state index contributed by atoms with van der Waals surface area (Å²) in [5.74, 6) is 0.864. The third-order valence-electron chi connectivity index (χ3n) is 3.21. The lowest BCUT2D eigenvalue weighted by atomic mass is 10.1. The topological polar surface area (TPSA) is 21.6 Å². The summed E-state index contributed by atoms with van der Waals surface area (Å²) in [6, 6.07) is 16.4. The van der Waals surface area contributed by atoms with Crippen molar-refractivity contribution in [3.8, 4) is 5.75 Å². The van der Waals surface area contributed by atoms with Crippen LogP contribution in [-0.2, 0) is 6.61 Å². The van der Waals surface area contributed by atoms with Gasteiger partial charge >= 0.3 is 0 Å². The highest BCUT2D eigenvalue weighted by Gasteiger charge is 2.08. The van der Waals surface area contributed by atoms with Crippen molar-refractivity contribution in [2.45, 2.75) is 20.5 Å². The van der Waals surface area contributed by atoms with Crippen molar-refractivity contribution in [3.63, 3.8) is 0 Å². The van der Waals surface area contributed by atoms with E-state index in [0.717, 1.165) is 22.6 Å². The van der Waals surface area contributed by atoms with Crippen molar-refractivity contribution >= 4 is 5.71 Å². The fraction of sp³-hybridized carbons (Fsp3) is 0.211. The van der Waals surface area contributed by atoms with E-state index in [1.54, 1.807) is 7.05 Å². The minimum Gasteiger partial charge on any atom is -0.488 e. The molecule has 21 heavy (non-hydrogen) atoms. The molecule has 2 heteroatoms. The van der Waals surface area contributed by atoms with Crippen LogP contribution in [0.2, 0.25) is 0 Å². The van der Waals surface area contributed by atoms with Crippen LogP contribution in [0.4, 0.5) is 0 Å². The van der Waals surface area contributed by atoms with Crippen LogP contribution in [0.3, 0.4) is 0 Å². The summed E-state index contributed by atoms with van der Waals surface area (Å²) < 4.78 is 5.99. The van der Waals surface area contributed by atoms with Crippen molar-refractivity contribution in [2.75, 3.05) is 7.05 Å². The smallest absolute Gasteiger partial charge is 0.129 e. The molecule has 0 fully saturated rings. The predicted octanol–water partition coefficient (Wildman–Crippen LogP) is 4.57. The van der Waals surface area contributed by atoms with Crippen LogP contribution in [0.15, 0.2) is 65.7 Å². The van der Waals surface area contributed by atoms with Crippen LogP contribution in [0.5, 0.6) is 5.75 Å². The van der Waals surface area contributed by atoms with Gasteiger partial charge in [0.15, 0.2) is 0 Å². The van der Waals surface area contributed by atoms with E-state index in [2.05, 4.69) is 36.2 Å². The molecular weight excluding hydrogens is 258 g/mol. The van der Waals surface area contributed by atoms with Gasteiger partial charge in [-0.05, 0) is 37.6 Å². The van der Waals surface area contributed by atoms with Gasteiger partial charge in [0.25, 0.3) is 0 Å². The summed E-state index contributed by atoms with van der Waals surface area (Å²) in [4.78, 5) is 4.35. The molecule has 0 aliphatic carbocycles. The van der Waals surface area contributed by atoms with Crippen molar-refractivity contribution < 1.29 is 4.74 Å². The Morgan fingerprint density at radius 1 is 1.14 bits per heavy atom. The molecule has 2 rings (SSSR count). The molecule has 0 heterocycles. The molecule has 0 atom stereocenters. The second-order valence-electron chi connectivity index (χ2n) is 4.88. The van der Waals surface area contributed by atoms with Crippen LogP contribution >= 0.6 is 0 Å². The maximum Gasteiger partial charge on any atom is 0.129 e. The van der Waals surface area contributed by atoms with Crippen LogP contribution in [0, 0.1) is 6.92 Å². The molecule has 108 valence electrons. The number of benzene rings is 2. The summed E-state index contributed by atoms with van der Waals surface area (Å²) in [6.07, 6.45) is 4.00. The molecule has 2 nitrogen and oxygen atoms in total. The zero-order chi connectivity index (χ0) is 15.1. The summed E-state index contributed by atoms with van der Waals surface area (Å²) in [5.41, 5.74) is 4.32. The summed E-state index contributed by atoms with van der Waals surface area (Å²) in [6.45, 7) is 4.63. The normalized spacial score (nSPS) is 11.9. The van der Waals surface area contributed by atoms with Gasteiger partial charge in [0.05, 0.1) is 5.71 Å². The Kier molecular flexibility index (Phi) is 5.33. The third-order valence-corrected chi connectivity index (χ3v) is 3.21. The van der Waals surface area contributed by atoms with Crippen molar-refractivity contribution in [1.29, 1.82) is 0 Å². The Morgan fingerprint density at radius 2 is 1.90 bits per heavy atom. The fourth-order valence-corrected chi connectivity index (χ4v) is 2.15. The van der Waals surface area contributed by atoms with E-state index in [1.807, 2.05) is 43.3 Å². The van der Waals surface area contributed by atoms with Crippen molar-refractivity contribution in [1.82, 2.24) is 0 Å². The molecule has 0 amide bonds. The Balaban J connectivity index is 2.27. The molecule has 0 saturated heterocycles. The number of ether oxygens (including phenoxy) is 1. The molecule has 0 spiro atoms. The summed E-state index contributed by atoms with van der Waals surface area (Å²) in [5, 5.41) is 0. The first kappa shape index (κ1) is 15.0. The third kappa shape index (κ3) is 4.06. The second-order valence-corrected chi connectivity index (χ2v) is 4.88. The van der Waals surface area contributed by atoms with Crippen LogP contribution < -0.4 is 4.74 Å². The van der Waals surface area contributed by atoms with Gasteiger partial charge in [-0.25, -0.2) is 0 Å². The molecule has 0 radical (unpaired) electrons. The van der Waals surface area contributed by atoms with Gasteiger partial charge in [-0.3, -0.25) is 4.99 Å². The first-order valence-electron chi connectivity index (χ1n) is 7.12. The molecule has 0 saturated carbocycles. The average molecular weight is 279 g/mol. The monoisotopic (exact) mass is 279 g/mol. The van der Waals surface area contributed by atoms with E-state index in [9.17, 15) is 0 Å². The van der Waals surface area contributed by atoms with E-state index < -0.39 is 0 Å². The lowest BCUT2D eigenvalue weighted by Gasteiger charge is -2.12. The first-order valence-corrected chi connectivity index (χ1v) is 7.12. The van der Waals surface area contributed by atoms with E-state index >= 15 is 0 Å². The predicted molar refractivity (Wildman–Crippen MR) is 89.2 cm³/mol. The number of allylic oxidation sites excluding steroid dienone is 2. The molecule has 0 aliphatic heterocycles. The lowest BCUT2D eigenvalue weighted by Crippen LogP contribution is -2.04. The number of aryl methyl sites for hydroxylation is 1. The summed E-state index contributed by atoms with van der Waals surface area (Å²) >= 11 is 0. The molecule has 0 aliphatic rings. The number of aliphatic imine (C=N–C) groups is 1. The summed E-state index contributed by atoms with van der Waals surface area (Å²) in [7, 11) is 1.80. The molecule has 0 N–H and O–H groups in total. The van der Waals surface area contributed by atoms with Crippen LogP contribution in [0.25, 0.3) is 0 Å². The SMILES string of the molecule is C/C=C\C(=NC)c1cc(C)ccc1OCc1ccccc1. The molecule has 0 aromatic heterocycles. The van der Waals surface area contributed by atoms with Crippen molar-refractivity contribution in [3.05, 3.63) is 77.4 Å². The number of nitrogens with zero attached hydrogens (tertiary/aromatic N) is 1. The Labute approximate surface area is 126 Å². The maximum absolute atomic E-state index is 5.99. The van der Waals surface area contributed by atoms with Crippen LogP contribution in [-0.4, -0.2) is 12.8 Å². The zero-order valence-electron chi connectivity index (χ0n) is 12.8. The number of hydrogen-bond acceptors (Lipinski definition) is 2. The molecular formula is C19H21NO. The molecule has 2 aromatic carbocycles. The largest absolute Gasteiger partial charge is 0.488 e. The van der Waals surface area contributed by atoms with Gasteiger partial charge in [-0.1, -0.05) is 48.0 Å². The highest BCUT2D eigenvalue weighted by molar-refractivity contribution is 6.10. The minimum atomic E-state index is 0.559. The Morgan fingerprint density at radius 3 is 2.57 bits per heavy atom. The molecule has 2 aromatic rings. The Hall–Kier alpha value is -2.35. The molecule has 0 bridgehead atoms. The fourth-order valence-electron chi connectivity index (χ4n) is 2.15. The highest BCUT2D eigenvalue weighted by atomic mass is 16.5. The minimum absolute atomic E-state index is 0.559. The van der Waals surface area contributed by atoms with Gasteiger partial charge < -0.3 is 4.74 Å². The zero-order valence-corrected chi connectivity index (χ0v) is 12.8. The quantitative estimate of drug-likeness (QED) is 0.735. The van der Waals surface area contributed by atoms with Gasteiger partial charge in [-0.2, -0.15) is 0 Å². The first-order chi connectivity index (χ1) is 10.2. The number of rotatable bonds is 5. The van der Waals surface area contributed by atoms with E-state index in [0.29, 0.717) is 6.61 Å². The van der Waals surface area contributed by atoms with Gasteiger partial charge in [0.1, 0.15) is 12.4 Å². The van der Waals surface area contributed by atoms with E-state index in [1.165, 1.54) is 5.56 Å².